The number of halogens is 4. The van der Waals surface area contributed by atoms with E-state index in [9.17, 15) is 27.2 Å². The summed E-state index contributed by atoms with van der Waals surface area (Å²) in [6.45, 7) is 0. The van der Waals surface area contributed by atoms with Crippen LogP contribution in [0.25, 0.3) is 0 Å². The van der Waals surface area contributed by atoms with Crippen molar-refractivity contribution >= 4 is 12.0 Å². The number of rotatable bonds is 2. The number of nitrogens with zero attached hydrogens (tertiary/aromatic N) is 1. The molecule has 1 amide bonds. The van der Waals surface area contributed by atoms with Gasteiger partial charge in [0.1, 0.15) is 0 Å². The monoisotopic (exact) mass is 171 g/mol. The van der Waals surface area contributed by atoms with Gasteiger partial charge in [-0.2, -0.15) is 8.78 Å². The first-order chi connectivity index (χ1) is 4.92. The molecule has 0 radical (unpaired) electrons. The maximum Gasteiger partial charge on any atom is 0.386 e. The van der Waals surface area contributed by atoms with Crippen LogP contribution in [0.5, 0.6) is 0 Å². The summed E-state index contributed by atoms with van der Waals surface area (Å²) in [5, 5.41) is 0. The second-order valence-electron chi connectivity index (χ2n) is 1.43. The quantitative estimate of drug-likeness (QED) is 0.349. The molecule has 0 N–H and O–H groups in total. The first kappa shape index (κ1) is 9.77. The van der Waals surface area contributed by atoms with Crippen molar-refractivity contribution in [1.82, 2.24) is 0 Å². The van der Waals surface area contributed by atoms with E-state index in [0.29, 0.717) is 6.08 Å². The van der Waals surface area contributed by atoms with Crippen LogP contribution in [0.3, 0.4) is 0 Å². The fourth-order valence-electron chi connectivity index (χ4n) is 0.209. The van der Waals surface area contributed by atoms with Gasteiger partial charge in [-0.25, -0.2) is 13.6 Å². The van der Waals surface area contributed by atoms with E-state index < -0.39 is 18.3 Å². The molecule has 0 heterocycles. The number of hydrogen-bond donors (Lipinski definition) is 0. The maximum atomic E-state index is 11.8. The molecule has 11 heavy (non-hydrogen) atoms. The third-order valence-corrected chi connectivity index (χ3v) is 0.706. The predicted octanol–water partition coefficient (Wildman–Crippen LogP) is 0.749. The number of isocyanates is 1. The molecule has 0 fully saturated rings. The largest absolute Gasteiger partial charge is 0.386 e. The van der Waals surface area contributed by atoms with E-state index in [-0.39, 0.29) is 0 Å². The minimum absolute atomic E-state index is 0.441. The fourth-order valence-corrected chi connectivity index (χ4v) is 0.209. The summed E-state index contributed by atoms with van der Waals surface area (Å²) >= 11 is 0. The Hall–Kier alpha value is -1.23. The first-order valence-electron chi connectivity index (χ1n) is 2.21. The van der Waals surface area contributed by atoms with Crippen molar-refractivity contribution in [3.63, 3.8) is 0 Å². The number of aliphatic imine (C=N–C) groups is 1. The van der Waals surface area contributed by atoms with Crippen LogP contribution in [0.4, 0.5) is 17.6 Å². The van der Waals surface area contributed by atoms with Crippen LogP contribution < -0.4 is 0 Å². The minimum atomic E-state index is -4.89. The lowest BCUT2D eigenvalue weighted by Gasteiger charge is -2.08. The Bertz CT molecular complexity index is 208. The van der Waals surface area contributed by atoms with Gasteiger partial charge in [-0.05, 0) is 0 Å². The van der Waals surface area contributed by atoms with Crippen molar-refractivity contribution in [3.05, 3.63) is 0 Å². The fraction of sp³-hybridized carbons (Fsp3) is 0.500. The molecule has 0 unspecified atom stereocenters. The highest BCUT2D eigenvalue weighted by Crippen LogP contribution is 2.23. The average molecular weight is 171 g/mol. The lowest BCUT2D eigenvalue weighted by atomic mass is 10.3. The molecule has 3 nitrogen and oxygen atoms in total. The maximum absolute atomic E-state index is 11.8. The Morgan fingerprint density at radius 3 is 2.18 bits per heavy atom. The molecule has 0 aromatic rings. The molecule has 0 aliphatic heterocycles. The molecular weight excluding hydrogens is 170 g/mol. The third kappa shape index (κ3) is 2.12. The van der Waals surface area contributed by atoms with Crippen LogP contribution in [0, 0.1) is 0 Å². The van der Waals surface area contributed by atoms with E-state index >= 15 is 0 Å². The van der Waals surface area contributed by atoms with Crippen LogP contribution in [0.2, 0.25) is 0 Å². The van der Waals surface area contributed by atoms with E-state index in [1.807, 2.05) is 4.99 Å². The van der Waals surface area contributed by atoms with Crippen molar-refractivity contribution in [2.45, 2.75) is 12.3 Å². The molecule has 0 aliphatic rings. The predicted molar refractivity (Wildman–Crippen MR) is 24.1 cm³/mol. The molecule has 0 aromatic heterocycles. The number of carbonyl (C=O) groups excluding carboxylic acids is 2. The second-order valence-corrected chi connectivity index (χ2v) is 1.43. The number of carbonyl (C=O) groups is 1. The van der Waals surface area contributed by atoms with Crippen molar-refractivity contribution in [2.75, 3.05) is 0 Å². The van der Waals surface area contributed by atoms with Crippen molar-refractivity contribution in [2.24, 2.45) is 4.99 Å². The molecule has 0 aliphatic carbocycles. The van der Waals surface area contributed by atoms with E-state index in [4.69, 9.17) is 0 Å². The Labute approximate surface area is 57.7 Å². The molecule has 0 atom stereocenters. The molecule has 7 heteroatoms. The topological polar surface area (TPSA) is 46.5 Å². The van der Waals surface area contributed by atoms with Gasteiger partial charge in [-0.1, -0.05) is 0 Å². The standard InChI is InChI=1S/C4HF4NO2/c5-2(6)4(7,8)3(11)9-1-10/h2H. The summed E-state index contributed by atoms with van der Waals surface area (Å²) in [7, 11) is 0. The smallest absolute Gasteiger partial charge is 0.264 e. The van der Waals surface area contributed by atoms with E-state index in [1.165, 1.54) is 0 Å². The molecule has 0 spiro atoms. The van der Waals surface area contributed by atoms with Gasteiger partial charge in [0.25, 0.3) is 0 Å². The second kappa shape index (κ2) is 3.25. The average Bonchev–Trinajstić information content (AvgIpc) is 1.88. The van der Waals surface area contributed by atoms with Gasteiger partial charge in [-0.3, -0.25) is 4.79 Å². The zero-order valence-electron chi connectivity index (χ0n) is 4.85. The van der Waals surface area contributed by atoms with Gasteiger partial charge < -0.3 is 0 Å². The number of hydrogen-bond acceptors (Lipinski definition) is 2. The van der Waals surface area contributed by atoms with Gasteiger partial charge in [0.2, 0.25) is 6.08 Å². The Kier molecular flexibility index (Phi) is 2.88. The highest BCUT2D eigenvalue weighted by Gasteiger charge is 2.49. The summed E-state index contributed by atoms with van der Waals surface area (Å²) in [6, 6.07) is 0. The van der Waals surface area contributed by atoms with Gasteiger partial charge in [0.05, 0.1) is 0 Å². The number of amides is 1. The van der Waals surface area contributed by atoms with Crippen molar-refractivity contribution in [3.8, 4) is 0 Å². The molecule has 0 rings (SSSR count). The van der Waals surface area contributed by atoms with Crippen molar-refractivity contribution < 1.29 is 27.2 Å². The van der Waals surface area contributed by atoms with Crippen LogP contribution >= 0.6 is 0 Å². The lowest BCUT2D eigenvalue weighted by Crippen LogP contribution is -2.35. The SMILES string of the molecule is O=C=NC(=O)C(F)(F)C(F)F. The van der Waals surface area contributed by atoms with E-state index in [0.717, 1.165) is 0 Å². The van der Waals surface area contributed by atoms with Gasteiger partial charge in [-0.15, -0.1) is 4.99 Å². The highest BCUT2D eigenvalue weighted by molar-refractivity contribution is 5.88. The molecule has 0 saturated carbocycles. The molecule has 0 bridgehead atoms. The highest BCUT2D eigenvalue weighted by atomic mass is 19.3. The molecular formula is C4HF4NO2. The summed E-state index contributed by atoms with van der Waals surface area (Å²) in [6.07, 6.45) is -3.72. The number of alkyl halides is 4. The Balaban J connectivity index is 4.55. The first-order valence-corrected chi connectivity index (χ1v) is 2.21. The van der Waals surface area contributed by atoms with Gasteiger partial charge in [0, 0.05) is 0 Å². The summed E-state index contributed by atoms with van der Waals surface area (Å²) in [5.41, 5.74) is 0. The summed E-state index contributed by atoms with van der Waals surface area (Å²) < 4.78 is 46.0. The van der Waals surface area contributed by atoms with Crippen molar-refractivity contribution in [1.29, 1.82) is 0 Å². The van der Waals surface area contributed by atoms with Crippen LogP contribution in [0.15, 0.2) is 4.99 Å². The van der Waals surface area contributed by atoms with Gasteiger partial charge in [0.15, 0.2) is 0 Å². The summed E-state index contributed by atoms with van der Waals surface area (Å²) in [5.74, 6) is -7.38. The van der Waals surface area contributed by atoms with Crippen LogP contribution in [0.1, 0.15) is 0 Å². The lowest BCUT2D eigenvalue weighted by molar-refractivity contribution is -0.165. The Morgan fingerprint density at radius 1 is 1.45 bits per heavy atom. The van der Waals surface area contributed by atoms with Crippen LogP contribution in [-0.2, 0) is 9.59 Å². The zero-order valence-corrected chi connectivity index (χ0v) is 4.85. The Morgan fingerprint density at radius 2 is 1.91 bits per heavy atom. The van der Waals surface area contributed by atoms with Crippen LogP contribution in [-0.4, -0.2) is 24.3 Å². The zero-order chi connectivity index (χ0) is 9.07. The van der Waals surface area contributed by atoms with E-state index in [1.54, 1.807) is 0 Å². The van der Waals surface area contributed by atoms with E-state index in [2.05, 4.69) is 0 Å². The summed E-state index contributed by atoms with van der Waals surface area (Å²) in [4.78, 5) is 20.9. The minimum Gasteiger partial charge on any atom is -0.264 e. The molecule has 0 aromatic carbocycles. The van der Waals surface area contributed by atoms with Gasteiger partial charge >= 0.3 is 18.3 Å². The third-order valence-electron chi connectivity index (χ3n) is 0.706. The molecule has 62 valence electrons. The normalized spacial score (nSPS) is 11.0. The molecule has 0 saturated heterocycles.